The lowest BCUT2D eigenvalue weighted by Gasteiger charge is -2.15. The molecule has 3 aromatic carbocycles. The summed E-state index contributed by atoms with van der Waals surface area (Å²) >= 11 is 3.37. The van der Waals surface area contributed by atoms with Crippen molar-refractivity contribution in [2.75, 3.05) is 24.7 Å². The van der Waals surface area contributed by atoms with Gasteiger partial charge < -0.3 is 19.7 Å². The summed E-state index contributed by atoms with van der Waals surface area (Å²) in [6.07, 6.45) is -1.09. The number of ether oxygens (including phenoxy) is 2. The van der Waals surface area contributed by atoms with E-state index in [0.29, 0.717) is 23.0 Å². The molecule has 0 fully saturated rings. The smallest absolute Gasteiger partial charge is 0.123 e. The summed E-state index contributed by atoms with van der Waals surface area (Å²) in [5.41, 5.74) is 2.49. The quantitative estimate of drug-likeness (QED) is 0.345. The van der Waals surface area contributed by atoms with Gasteiger partial charge in [0.15, 0.2) is 0 Å². The minimum atomic E-state index is -0.545. The first-order valence-corrected chi connectivity index (χ1v) is 12.9. The molecule has 0 aromatic heterocycles. The number of benzene rings is 3. The van der Waals surface area contributed by atoms with E-state index in [1.165, 1.54) is 11.1 Å². The second-order valence-electron chi connectivity index (χ2n) is 7.41. The average molecular weight is 471 g/mol. The van der Waals surface area contributed by atoms with Crippen LogP contribution < -0.4 is 9.47 Å². The third kappa shape index (κ3) is 9.57. The van der Waals surface area contributed by atoms with Crippen molar-refractivity contribution in [2.45, 2.75) is 23.7 Å². The van der Waals surface area contributed by atoms with Gasteiger partial charge in [-0.25, -0.2) is 0 Å². The Morgan fingerprint density at radius 1 is 0.594 bits per heavy atom. The molecule has 4 nitrogen and oxygen atoms in total. The van der Waals surface area contributed by atoms with Crippen LogP contribution in [-0.4, -0.2) is 47.1 Å². The lowest BCUT2D eigenvalue weighted by atomic mass is 10.2. The molecule has 0 saturated carbocycles. The fraction of sp³-hybridized carbons (Fsp3) is 0.308. The fourth-order valence-electron chi connectivity index (χ4n) is 2.91. The first-order valence-electron chi connectivity index (χ1n) is 10.6. The molecular formula is C26H30O4S2. The Balaban J connectivity index is 1.31. The molecule has 0 aliphatic rings. The molecule has 0 aliphatic heterocycles. The Labute approximate surface area is 199 Å². The predicted molar refractivity (Wildman–Crippen MR) is 135 cm³/mol. The van der Waals surface area contributed by atoms with E-state index in [2.05, 4.69) is 24.3 Å². The molecule has 32 heavy (non-hydrogen) atoms. The minimum Gasteiger partial charge on any atom is -0.491 e. The highest BCUT2D eigenvalue weighted by Crippen LogP contribution is 2.21. The molecule has 3 aromatic rings. The van der Waals surface area contributed by atoms with Crippen molar-refractivity contribution in [3.8, 4) is 11.5 Å². The Morgan fingerprint density at radius 2 is 1.03 bits per heavy atom. The van der Waals surface area contributed by atoms with Gasteiger partial charge in [0.05, 0.1) is 12.2 Å². The maximum absolute atomic E-state index is 10.2. The largest absolute Gasteiger partial charge is 0.491 e. The van der Waals surface area contributed by atoms with E-state index in [4.69, 9.17) is 9.47 Å². The summed E-state index contributed by atoms with van der Waals surface area (Å²) in [7, 11) is 0. The number of hydrogen-bond donors (Lipinski definition) is 2. The summed E-state index contributed by atoms with van der Waals surface area (Å²) in [5.74, 6) is 4.24. The van der Waals surface area contributed by atoms with Crippen molar-refractivity contribution in [3.05, 3.63) is 96.1 Å². The zero-order valence-electron chi connectivity index (χ0n) is 18.0. The van der Waals surface area contributed by atoms with E-state index < -0.39 is 12.2 Å². The van der Waals surface area contributed by atoms with Crippen molar-refractivity contribution in [3.63, 3.8) is 0 Å². The Morgan fingerprint density at radius 3 is 1.47 bits per heavy atom. The van der Waals surface area contributed by atoms with Gasteiger partial charge in [-0.05, 0) is 23.3 Å². The van der Waals surface area contributed by atoms with Crippen molar-refractivity contribution >= 4 is 23.5 Å². The summed E-state index contributed by atoms with van der Waals surface area (Å²) < 4.78 is 11.4. The molecule has 2 atom stereocenters. The van der Waals surface area contributed by atoms with E-state index in [-0.39, 0.29) is 13.2 Å². The second-order valence-corrected chi connectivity index (χ2v) is 9.47. The van der Waals surface area contributed by atoms with Crippen LogP contribution in [0.2, 0.25) is 0 Å². The van der Waals surface area contributed by atoms with Crippen LogP contribution in [0.1, 0.15) is 11.1 Å². The predicted octanol–water partition coefficient (Wildman–Crippen LogP) is 5.03. The monoisotopic (exact) mass is 470 g/mol. The molecule has 0 spiro atoms. The van der Waals surface area contributed by atoms with Gasteiger partial charge in [0.2, 0.25) is 0 Å². The second kappa shape index (κ2) is 14.1. The SMILES string of the molecule is OC(COc1cccc(OCC(O)CSCc2ccccc2)c1)CSCc1ccccc1. The summed E-state index contributed by atoms with van der Waals surface area (Å²) in [6, 6.07) is 27.7. The number of aliphatic hydroxyl groups is 2. The standard InChI is InChI=1S/C26H30O4S2/c27-23(19-31-17-21-8-3-1-4-9-21)15-29-25-12-7-13-26(14-25)30-16-24(28)20-32-18-22-10-5-2-6-11-22/h1-14,23-24,27-28H,15-20H2. The van der Waals surface area contributed by atoms with Gasteiger partial charge in [-0.3, -0.25) is 0 Å². The van der Waals surface area contributed by atoms with Crippen LogP contribution in [0.3, 0.4) is 0 Å². The van der Waals surface area contributed by atoms with Crippen LogP contribution in [0.25, 0.3) is 0 Å². The lowest BCUT2D eigenvalue weighted by Crippen LogP contribution is -2.21. The summed E-state index contributed by atoms with van der Waals surface area (Å²) in [4.78, 5) is 0. The molecule has 170 valence electrons. The normalized spacial score (nSPS) is 12.8. The van der Waals surface area contributed by atoms with Gasteiger partial charge in [-0.15, -0.1) is 0 Å². The van der Waals surface area contributed by atoms with Gasteiger partial charge in [0, 0.05) is 29.1 Å². The lowest BCUT2D eigenvalue weighted by molar-refractivity contribution is 0.122. The van der Waals surface area contributed by atoms with Gasteiger partial charge in [-0.2, -0.15) is 23.5 Å². The van der Waals surface area contributed by atoms with Crippen molar-refractivity contribution in [1.82, 2.24) is 0 Å². The number of aliphatic hydroxyl groups excluding tert-OH is 2. The van der Waals surface area contributed by atoms with Crippen molar-refractivity contribution in [2.24, 2.45) is 0 Å². The van der Waals surface area contributed by atoms with E-state index in [0.717, 1.165) is 11.5 Å². The van der Waals surface area contributed by atoms with Crippen LogP contribution in [0.4, 0.5) is 0 Å². The van der Waals surface area contributed by atoms with Crippen molar-refractivity contribution < 1.29 is 19.7 Å². The molecule has 0 bridgehead atoms. The number of thioether (sulfide) groups is 2. The third-order valence-electron chi connectivity index (χ3n) is 4.53. The first kappa shape index (κ1) is 24.5. The highest BCUT2D eigenvalue weighted by molar-refractivity contribution is 7.98. The zero-order valence-corrected chi connectivity index (χ0v) is 19.6. The molecule has 0 radical (unpaired) electrons. The van der Waals surface area contributed by atoms with Gasteiger partial charge in [0.1, 0.15) is 24.7 Å². The van der Waals surface area contributed by atoms with Crippen LogP contribution >= 0.6 is 23.5 Å². The van der Waals surface area contributed by atoms with Crippen LogP contribution in [0.15, 0.2) is 84.9 Å². The molecule has 0 amide bonds. The Bertz CT molecular complexity index is 822. The molecule has 0 saturated heterocycles. The van der Waals surface area contributed by atoms with Crippen LogP contribution in [-0.2, 0) is 11.5 Å². The summed E-state index contributed by atoms with van der Waals surface area (Å²) in [6.45, 7) is 0.452. The minimum absolute atomic E-state index is 0.226. The fourth-order valence-corrected chi connectivity index (χ4v) is 4.74. The molecule has 2 unspecified atom stereocenters. The zero-order chi connectivity index (χ0) is 22.4. The number of rotatable bonds is 14. The van der Waals surface area contributed by atoms with Gasteiger partial charge in [-0.1, -0.05) is 66.7 Å². The average Bonchev–Trinajstić information content (AvgIpc) is 2.83. The van der Waals surface area contributed by atoms with Crippen LogP contribution in [0, 0.1) is 0 Å². The summed E-state index contributed by atoms with van der Waals surface area (Å²) in [5, 5.41) is 20.4. The van der Waals surface area contributed by atoms with E-state index in [1.807, 2.05) is 54.6 Å². The van der Waals surface area contributed by atoms with E-state index >= 15 is 0 Å². The topological polar surface area (TPSA) is 58.9 Å². The highest BCUT2D eigenvalue weighted by atomic mass is 32.2. The Hall–Kier alpha value is -2.12. The van der Waals surface area contributed by atoms with Gasteiger partial charge in [0.25, 0.3) is 0 Å². The Kier molecular flexibility index (Phi) is 10.8. The van der Waals surface area contributed by atoms with Crippen molar-refractivity contribution in [1.29, 1.82) is 0 Å². The first-order chi connectivity index (χ1) is 15.7. The molecule has 0 heterocycles. The third-order valence-corrected chi connectivity index (χ3v) is 6.85. The van der Waals surface area contributed by atoms with E-state index in [9.17, 15) is 10.2 Å². The molecule has 3 rings (SSSR count). The molecule has 6 heteroatoms. The van der Waals surface area contributed by atoms with E-state index in [1.54, 1.807) is 29.6 Å². The molecule has 0 aliphatic carbocycles. The number of hydrogen-bond acceptors (Lipinski definition) is 6. The van der Waals surface area contributed by atoms with Crippen LogP contribution in [0.5, 0.6) is 11.5 Å². The molecule has 2 N–H and O–H groups in total. The maximum Gasteiger partial charge on any atom is 0.123 e. The van der Waals surface area contributed by atoms with Gasteiger partial charge >= 0.3 is 0 Å². The highest BCUT2D eigenvalue weighted by Gasteiger charge is 2.09. The maximum atomic E-state index is 10.2. The molecular weight excluding hydrogens is 440 g/mol.